The Labute approximate surface area is 104 Å². The van der Waals surface area contributed by atoms with E-state index in [1.165, 1.54) is 0 Å². The molecule has 0 fully saturated rings. The summed E-state index contributed by atoms with van der Waals surface area (Å²) in [4.78, 5) is 0. The lowest BCUT2D eigenvalue weighted by atomic mass is 10.2. The Kier molecular flexibility index (Phi) is 5.51. The smallest absolute Gasteiger partial charge is 0.0634 e. The molecule has 2 nitrogen and oxygen atoms in total. The number of benzene rings is 1. The van der Waals surface area contributed by atoms with E-state index in [1.54, 1.807) is 12.1 Å². The van der Waals surface area contributed by atoms with Crippen molar-refractivity contribution >= 4 is 22.4 Å². The van der Waals surface area contributed by atoms with Crippen LogP contribution < -0.4 is 0 Å². The minimum absolute atomic E-state index is 0.0271. The lowest BCUT2D eigenvalue weighted by molar-refractivity contribution is 0.664. The Bertz CT molecular complexity index is 396. The molecule has 4 heteroatoms. The molecule has 0 aliphatic rings. The average Bonchev–Trinajstić information content (AvgIpc) is 2.29. The molecule has 0 aliphatic heterocycles. The van der Waals surface area contributed by atoms with Crippen LogP contribution >= 0.6 is 11.6 Å². The van der Waals surface area contributed by atoms with Gasteiger partial charge in [-0.05, 0) is 24.1 Å². The first kappa shape index (κ1) is 13.2. The standard InChI is InChI=1S/C12H14ClNOS/c1-2-12(7-8-14)16(15)9-10-3-5-11(13)6-4-10/h3-6,12H,2,7,9H2,1H3. The average molecular weight is 256 g/mol. The fourth-order valence-corrected chi connectivity index (χ4v) is 2.90. The van der Waals surface area contributed by atoms with Crippen LogP contribution in [0.25, 0.3) is 0 Å². The van der Waals surface area contributed by atoms with Gasteiger partial charge in [-0.15, -0.1) is 0 Å². The van der Waals surface area contributed by atoms with E-state index >= 15 is 0 Å². The van der Waals surface area contributed by atoms with Crippen molar-refractivity contribution in [3.8, 4) is 6.07 Å². The zero-order valence-corrected chi connectivity index (χ0v) is 10.7. The first-order valence-corrected chi connectivity index (χ1v) is 6.92. The number of hydrogen-bond donors (Lipinski definition) is 0. The van der Waals surface area contributed by atoms with Crippen LogP contribution in [0.1, 0.15) is 25.3 Å². The van der Waals surface area contributed by atoms with Crippen LogP contribution in [-0.4, -0.2) is 9.46 Å². The third-order valence-electron chi connectivity index (χ3n) is 2.37. The number of rotatable bonds is 5. The summed E-state index contributed by atoms with van der Waals surface area (Å²) in [5.74, 6) is 0.497. The highest BCUT2D eigenvalue weighted by Gasteiger charge is 2.14. The van der Waals surface area contributed by atoms with Crippen LogP contribution in [0.4, 0.5) is 0 Å². The summed E-state index contributed by atoms with van der Waals surface area (Å²) in [6.07, 6.45) is 1.13. The Morgan fingerprint density at radius 1 is 1.44 bits per heavy atom. The molecule has 0 saturated heterocycles. The molecule has 0 bridgehead atoms. The fraction of sp³-hybridized carbons (Fsp3) is 0.417. The quantitative estimate of drug-likeness (QED) is 0.810. The molecular formula is C12H14ClNOS. The number of nitriles is 1. The Hall–Kier alpha value is -0.850. The maximum absolute atomic E-state index is 11.9. The summed E-state index contributed by atoms with van der Waals surface area (Å²) >= 11 is 5.77. The van der Waals surface area contributed by atoms with Crippen LogP contribution in [0, 0.1) is 11.3 Å². The van der Waals surface area contributed by atoms with E-state index in [4.69, 9.17) is 16.9 Å². The fourth-order valence-electron chi connectivity index (χ4n) is 1.39. The molecule has 86 valence electrons. The molecule has 2 unspecified atom stereocenters. The SMILES string of the molecule is CCC(CC#N)S(=O)Cc1ccc(Cl)cc1. The van der Waals surface area contributed by atoms with Crippen molar-refractivity contribution in [3.63, 3.8) is 0 Å². The summed E-state index contributed by atoms with van der Waals surface area (Å²) in [7, 11) is -0.981. The summed E-state index contributed by atoms with van der Waals surface area (Å²) in [5.41, 5.74) is 0.999. The molecule has 0 amide bonds. The monoisotopic (exact) mass is 255 g/mol. The third kappa shape index (κ3) is 3.96. The van der Waals surface area contributed by atoms with Gasteiger partial charge in [-0.1, -0.05) is 30.7 Å². The van der Waals surface area contributed by atoms with Crippen LogP contribution in [-0.2, 0) is 16.6 Å². The minimum atomic E-state index is -0.981. The van der Waals surface area contributed by atoms with Crippen LogP contribution in [0.5, 0.6) is 0 Å². The zero-order chi connectivity index (χ0) is 12.0. The first-order chi connectivity index (χ1) is 7.67. The highest BCUT2D eigenvalue weighted by Crippen LogP contribution is 2.15. The van der Waals surface area contributed by atoms with E-state index in [0.717, 1.165) is 12.0 Å². The van der Waals surface area contributed by atoms with E-state index in [1.807, 2.05) is 19.1 Å². The second kappa shape index (κ2) is 6.67. The van der Waals surface area contributed by atoms with E-state index < -0.39 is 10.8 Å². The van der Waals surface area contributed by atoms with E-state index in [9.17, 15) is 4.21 Å². The third-order valence-corrected chi connectivity index (χ3v) is 4.48. The van der Waals surface area contributed by atoms with Gasteiger partial charge in [0, 0.05) is 33.2 Å². The molecule has 1 aromatic carbocycles. The van der Waals surface area contributed by atoms with Crippen LogP contribution in [0.3, 0.4) is 0 Å². The molecule has 1 aromatic rings. The summed E-state index contributed by atoms with van der Waals surface area (Å²) in [6, 6.07) is 9.41. The van der Waals surface area contributed by atoms with E-state index in [0.29, 0.717) is 17.2 Å². The molecule has 0 N–H and O–H groups in total. The van der Waals surface area contributed by atoms with Crippen molar-refractivity contribution in [2.45, 2.75) is 30.8 Å². The van der Waals surface area contributed by atoms with Gasteiger partial charge in [0.05, 0.1) is 6.07 Å². The van der Waals surface area contributed by atoms with Gasteiger partial charge in [0.2, 0.25) is 0 Å². The molecule has 0 aliphatic carbocycles. The number of nitrogens with zero attached hydrogens (tertiary/aromatic N) is 1. The zero-order valence-electron chi connectivity index (χ0n) is 9.15. The van der Waals surface area contributed by atoms with Gasteiger partial charge in [-0.2, -0.15) is 5.26 Å². The molecule has 2 atom stereocenters. The first-order valence-electron chi connectivity index (χ1n) is 5.16. The second-order valence-corrected chi connectivity index (χ2v) is 5.70. The molecular weight excluding hydrogens is 242 g/mol. The van der Waals surface area contributed by atoms with Crippen molar-refractivity contribution < 1.29 is 4.21 Å². The van der Waals surface area contributed by atoms with Gasteiger partial charge in [0.1, 0.15) is 0 Å². The van der Waals surface area contributed by atoms with Crippen molar-refractivity contribution in [1.82, 2.24) is 0 Å². The van der Waals surface area contributed by atoms with Gasteiger partial charge < -0.3 is 0 Å². The molecule has 0 radical (unpaired) electrons. The van der Waals surface area contributed by atoms with E-state index in [2.05, 4.69) is 6.07 Å². The van der Waals surface area contributed by atoms with E-state index in [-0.39, 0.29) is 5.25 Å². The highest BCUT2D eigenvalue weighted by atomic mass is 35.5. The Morgan fingerprint density at radius 2 is 2.06 bits per heavy atom. The summed E-state index contributed by atoms with van der Waals surface area (Å²) in [5, 5.41) is 9.27. The number of hydrogen-bond acceptors (Lipinski definition) is 2. The molecule has 0 aromatic heterocycles. The topological polar surface area (TPSA) is 40.9 Å². The van der Waals surface area contributed by atoms with Gasteiger partial charge in [-0.25, -0.2) is 0 Å². The predicted molar refractivity (Wildman–Crippen MR) is 67.6 cm³/mol. The second-order valence-electron chi connectivity index (χ2n) is 3.54. The highest BCUT2D eigenvalue weighted by molar-refractivity contribution is 7.84. The maximum atomic E-state index is 11.9. The van der Waals surface area contributed by atoms with Crippen molar-refractivity contribution in [1.29, 1.82) is 5.26 Å². The largest absolute Gasteiger partial charge is 0.259 e. The molecule has 0 spiro atoms. The summed E-state index contributed by atoms with van der Waals surface area (Å²) in [6.45, 7) is 1.96. The predicted octanol–water partition coefficient (Wildman–Crippen LogP) is 3.28. The minimum Gasteiger partial charge on any atom is -0.259 e. The van der Waals surface area contributed by atoms with Gasteiger partial charge in [-0.3, -0.25) is 4.21 Å². The molecule has 0 saturated carbocycles. The lowest BCUT2D eigenvalue weighted by Crippen LogP contribution is -2.15. The lowest BCUT2D eigenvalue weighted by Gasteiger charge is -2.10. The van der Waals surface area contributed by atoms with Gasteiger partial charge >= 0.3 is 0 Å². The molecule has 16 heavy (non-hydrogen) atoms. The number of halogens is 1. The van der Waals surface area contributed by atoms with Gasteiger partial charge in [0.15, 0.2) is 0 Å². The van der Waals surface area contributed by atoms with Crippen LogP contribution in [0.2, 0.25) is 5.02 Å². The Balaban J connectivity index is 2.63. The van der Waals surface area contributed by atoms with Crippen molar-refractivity contribution in [2.75, 3.05) is 0 Å². The normalized spacial score (nSPS) is 14.1. The van der Waals surface area contributed by atoms with Crippen LogP contribution in [0.15, 0.2) is 24.3 Å². The Morgan fingerprint density at radius 3 is 2.56 bits per heavy atom. The van der Waals surface area contributed by atoms with Crippen molar-refractivity contribution in [3.05, 3.63) is 34.9 Å². The maximum Gasteiger partial charge on any atom is 0.0634 e. The molecule has 1 rings (SSSR count). The molecule has 0 heterocycles. The van der Waals surface area contributed by atoms with Gasteiger partial charge in [0.25, 0.3) is 0 Å². The summed E-state index contributed by atoms with van der Waals surface area (Å²) < 4.78 is 11.9. The van der Waals surface area contributed by atoms with Crippen molar-refractivity contribution in [2.24, 2.45) is 0 Å².